The zero-order valence-electron chi connectivity index (χ0n) is 10.9. The third kappa shape index (κ3) is 2.23. The second kappa shape index (κ2) is 4.81. The fourth-order valence-electron chi connectivity index (χ4n) is 2.10. The van der Waals surface area contributed by atoms with Crippen molar-refractivity contribution >= 4 is 28.9 Å². The van der Waals surface area contributed by atoms with Crippen LogP contribution in [0.4, 0.5) is 5.95 Å². The van der Waals surface area contributed by atoms with Crippen LogP contribution in [0.15, 0.2) is 34.4 Å². The summed E-state index contributed by atoms with van der Waals surface area (Å²) in [6.45, 7) is 1.14. The summed E-state index contributed by atoms with van der Waals surface area (Å²) < 4.78 is 11.1. The summed E-state index contributed by atoms with van der Waals surface area (Å²) in [7, 11) is 0. The molecule has 1 aliphatic rings. The molecule has 4 rings (SSSR count). The van der Waals surface area contributed by atoms with Crippen molar-refractivity contribution in [2.24, 2.45) is 0 Å². The minimum absolute atomic E-state index is 0.203. The number of aromatic amines is 1. The van der Waals surface area contributed by atoms with E-state index in [9.17, 15) is 0 Å². The Hall–Kier alpha value is -2.48. The summed E-state index contributed by atoms with van der Waals surface area (Å²) >= 11 is 1.47. The van der Waals surface area contributed by atoms with Gasteiger partial charge in [-0.25, -0.2) is 9.97 Å². The Bertz CT molecular complexity index is 819. The summed E-state index contributed by atoms with van der Waals surface area (Å²) in [5.74, 6) is 1.71. The highest BCUT2D eigenvalue weighted by Crippen LogP contribution is 2.37. The summed E-state index contributed by atoms with van der Waals surface area (Å²) in [4.78, 5) is 16.5. The fourth-order valence-corrected chi connectivity index (χ4v) is 3.01. The molecule has 8 heteroatoms. The van der Waals surface area contributed by atoms with Crippen LogP contribution in [0, 0.1) is 0 Å². The molecule has 7 nitrogen and oxygen atoms in total. The minimum Gasteiger partial charge on any atom is -0.486 e. The van der Waals surface area contributed by atoms with Gasteiger partial charge in [0.2, 0.25) is 5.95 Å². The van der Waals surface area contributed by atoms with Gasteiger partial charge in [0.1, 0.15) is 23.8 Å². The molecule has 21 heavy (non-hydrogen) atoms. The Morgan fingerprint density at radius 3 is 2.90 bits per heavy atom. The molecule has 0 saturated carbocycles. The van der Waals surface area contributed by atoms with Gasteiger partial charge >= 0.3 is 0 Å². The van der Waals surface area contributed by atoms with Gasteiger partial charge in [0.15, 0.2) is 17.1 Å². The Kier molecular flexibility index (Phi) is 2.81. The lowest BCUT2D eigenvalue weighted by atomic mass is 10.3. The van der Waals surface area contributed by atoms with Crippen molar-refractivity contribution in [3.63, 3.8) is 0 Å². The molecule has 3 heterocycles. The number of ether oxygens (including phenoxy) is 2. The number of nitrogens with two attached hydrogens (primary N) is 1. The second-order valence-corrected chi connectivity index (χ2v) is 5.46. The van der Waals surface area contributed by atoms with Crippen LogP contribution < -0.4 is 15.2 Å². The zero-order chi connectivity index (χ0) is 14.2. The molecule has 0 spiro atoms. The average Bonchev–Trinajstić information content (AvgIpc) is 2.95. The van der Waals surface area contributed by atoms with Crippen LogP contribution in [0.3, 0.4) is 0 Å². The number of H-pyrrole nitrogens is 1. The van der Waals surface area contributed by atoms with E-state index in [1.165, 1.54) is 11.8 Å². The smallest absolute Gasteiger partial charge is 0.223 e. The molecule has 0 fully saturated rings. The SMILES string of the molecule is Nc1nc(Sc2ccc3c(c2)OCCO3)c2[nH]cnc2n1. The highest BCUT2D eigenvalue weighted by atomic mass is 32.2. The maximum atomic E-state index is 5.71. The van der Waals surface area contributed by atoms with Crippen molar-refractivity contribution < 1.29 is 9.47 Å². The van der Waals surface area contributed by atoms with Crippen molar-refractivity contribution in [3.05, 3.63) is 24.5 Å². The normalized spacial score (nSPS) is 13.5. The van der Waals surface area contributed by atoms with Gasteiger partial charge in [0.05, 0.1) is 6.33 Å². The van der Waals surface area contributed by atoms with E-state index in [0.29, 0.717) is 18.9 Å². The van der Waals surface area contributed by atoms with Crippen LogP contribution in [0.5, 0.6) is 11.5 Å². The first-order valence-electron chi connectivity index (χ1n) is 6.34. The fraction of sp³-hybridized carbons (Fsp3) is 0.154. The first kappa shape index (κ1) is 12.3. The van der Waals surface area contributed by atoms with E-state index >= 15 is 0 Å². The number of hydrogen-bond acceptors (Lipinski definition) is 7. The Morgan fingerprint density at radius 1 is 1.14 bits per heavy atom. The van der Waals surface area contributed by atoms with Gasteiger partial charge in [-0.3, -0.25) is 0 Å². The lowest BCUT2D eigenvalue weighted by molar-refractivity contribution is 0.171. The number of fused-ring (bicyclic) bond motifs is 2. The summed E-state index contributed by atoms with van der Waals surface area (Å²) in [6.07, 6.45) is 1.58. The van der Waals surface area contributed by atoms with E-state index in [4.69, 9.17) is 15.2 Å². The molecule has 0 unspecified atom stereocenters. The molecule has 0 radical (unpaired) electrons. The maximum Gasteiger partial charge on any atom is 0.223 e. The van der Waals surface area contributed by atoms with Crippen molar-refractivity contribution in [1.29, 1.82) is 0 Å². The number of imidazole rings is 1. The van der Waals surface area contributed by atoms with Crippen molar-refractivity contribution in [2.45, 2.75) is 9.92 Å². The lowest BCUT2D eigenvalue weighted by Gasteiger charge is -2.18. The van der Waals surface area contributed by atoms with E-state index < -0.39 is 0 Å². The molecule has 3 aromatic rings. The third-order valence-electron chi connectivity index (χ3n) is 3.00. The quantitative estimate of drug-likeness (QED) is 0.697. The van der Waals surface area contributed by atoms with Gasteiger partial charge in [-0.05, 0) is 18.2 Å². The average molecular weight is 301 g/mol. The summed E-state index contributed by atoms with van der Waals surface area (Å²) in [5, 5.41) is 0.728. The topological polar surface area (TPSA) is 98.9 Å². The van der Waals surface area contributed by atoms with Gasteiger partial charge < -0.3 is 20.2 Å². The number of nitrogen functional groups attached to an aromatic ring is 1. The largest absolute Gasteiger partial charge is 0.486 e. The molecule has 0 saturated heterocycles. The summed E-state index contributed by atoms with van der Waals surface area (Å²) in [5.41, 5.74) is 7.04. The molecule has 0 aliphatic carbocycles. The molecule has 3 N–H and O–H groups in total. The Balaban J connectivity index is 1.72. The standard InChI is InChI=1S/C13H11N5O2S/c14-13-17-11-10(15-6-16-11)12(18-13)21-7-1-2-8-9(5-7)20-4-3-19-8/h1-2,5-6H,3-4H2,(H3,14,15,16,17,18). The zero-order valence-corrected chi connectivity index (χ0v) is 11.7. The van der Waals surface area contributed by atoms with E-state index in [1.807, 2.05) is 18.2 Å². The van der Waals surface area contributed by atoms with Crippen molar-refractivity contribution in [3.8, 4) is 11.5 Å². The number of anilines is 1. The van der Waals surface area contributed by atoms with Gasteiger partial charge in [0, 0.05) is 4.90 Å². The minimum atomic E-state index is 0.203. The molecular weight excluding hydrogens is 290 g/mol. The monoisotopic (exact) mass is 301 g/mol. The van der Waals surface area contributed by atoms with E-state index in [-0.39, 0.29) is 5.95 Å². The number of aromatic nitrogens is 4. The highest BCUT2D eigenvalue weighted by Gasteiger charge is 2.14. The highest BCUT2D eigenvalue weighted by molar-refractivity contribution is 7.99. The number of rotatable bonds is 2. The summed E-state index contributed by atoms with van der Waals surface area (Å²) in [6, 6.07) is 5.78. The van der Waals surface area contributed by atoms with Gasteiger partial charge in [-0.15, -0.1) is 0 Å². The number of hydrogen-bond donors (Lipinski definition) is 2. The van der Waals surface area contributed by atoms with Crippen molar-refractivity contribution in [1.82, 2.24) is 19.9 Å². The third-order valence-corrected chi connectivity index (χ3v) is 3.98. The predicted molar refractivity (Wildman–Crippen MR) is 77.7 cm³/mol. The molecule has 0 atom stereocenters. The molecule has 106 valence electrons. The van der Waals surface area contributed by atoms with E-state index in [1.54, 1.807) is 6.33 Å². The predicted octanol–water partition coefficient (Wildman–Crippen LogP) is 1.86. The maximum absolute atomic E-state index is 5.71. The van der Waals surface area contributed by atoms with Crippen LogP contribution in [0.25, 0.3) is 11.2 Å². The van der Waals surface area contributed by atoms with E-state index in [0.717, 1.165) is 26.9 Å². The molecule has 0 bridgehead atoms. The van der Waals surface area contributed by atoms with Gasteiger partial charge in [0.25, 0.3) is 0 Å². The van der Waals surface area contributed by atoms with Gasteiger partial charge in [-0.2, -0.15) is 4.98 Å². The first-order valence-corrected chi connectivity index (χ1v) is 7.15. The van der Waals surface area contributed by atoms with Crippen LogP contribution in [0.2, 0.25) is 0 Å². The molecule has 1 aliphatic heterocycles. The van der Waals surface area contributed by atoms with Crippen LogP contribution in [-0.2, 0) is 0 Å². The number of nitrogens with one attached hydrogen (secondary N) is 1. The second-order valence-electron chi connectivity index (χ2n) is 4.40. The van der Waals surface area contributed by atoms with Crippen LogP contribution in [0.1, 0.15) is 0 Å². The molecule has 2 aromatic heterocycles. The molecular formula is C13H11N5O2S. The molecule has 0 amide bonds. The number of benzene rings is 1. The van der Waals surface area contributed by atoms with Crippen molar-refractivity contribution in [2.75, 3.05) is 18.9 Å². The van der Waals surface area contributed by atoms with Crippen LogP contribution in [-0.4, -0.2) is 33.1 Å². The molecule has 1 aromatic carbocycles. The van der Waals surface area contributed by atoms with Gasteiger partial charge in [-0.1, -0.05) is 11.8 Å². The van der Waals surface area contributed by atoms with Crippen LogP contribution >= 0.6 is 11.8 Å². The first-order chi connectivity index (χ1) is 10.3. The lowest BCUT2D eigenvalue weighted by Crippen LogP contribution is -2.15. The number of nitrogens with zero attached hydrogens (tertiary/aromatic N) is 3. The Labute approximate surface area is 123 Å². The Morgan fingerprint density at radius 2 is 2.00 bits per heavy atom. The van der Waals surface area contributed by atoms with E-state index in [2.05, 4.69) is 19.9 Å².